The number of aryl methyl sites for hydroxylation is 2. The minimum Gasteiger partial charge on any atom is -0.352 e. The number of benzene rings is 1. The summed E-state index contributed by atoms with van der Waals surface area (Å²) in [7, 11) is 1.74. The van der Waals surface area contributed by atoms with Gasteiger partial charge in [0.25, 0.3) is 0 Å². The Hall–Kier alpha value is -1.33. The second kappa shape index (κ2) is 11.2. The summed E-state index contributed by atoms with van der Waals surface area (Å²) in [4.78, 5) is 12.1. The molecule has 3 rings (SSSR count). The van der Waals surface area contributed by atoms with Gasteiger partial charge in [-0.15, -0.1) is 35.3 Å². The summed E-state index contributed by atoms with van der Waals surface area (Å²) in [5.74, 6) is -0.252. The van der Waals surface area contributed by atoms with Crippen LogP contribution in [-0.2, 0) is 13.1 Å². The first-order valence-corrected chi connectivity index (χ1v) is 10.3. The van der Waals surface area contributed by atoms with E-state index in [9.17, 15) is 8.78 Å². The molecule has 1 aromatic heterocycles. The van der Waals surface area contributed by atoms with Gasteiger partial charge in [-0.2, -0.15) is 0 Å². The topological polar surface area (TPSA) is 52.6 Å². The van der Waals surface area contributed by atoms with Gasteiger partial charge in [-0.3, -0.25) is 9.89 Å². The molecule has 1 fully saturated rings. The summed E-state index contributed by atoms with van der Waals surface area (Å²) < 4.78 is 27.9. The van der Waals surface area contributed by atoms with Crippen molar-refractivity contribution in [2.24, 2.45) is 4.99 Å². The van der Waals surface area contributed by atoms with Crippen molar-refractivity contribution in [1.29, 1.82) is 0 Å². The van der Waals surface area contributed by atoms with Gasteiger partial charge in [-0.1, -0.05) is 6.07 Å². The van der Waals surface area contributed by atoms with Gasteiger partial charge in [-0.05, 0) is 45.4 Å². The summed E-state index contributed by atoms with van der Waals surface area (Å²) in [6.07, 6.45) is 1.96. The third kappa shape index (κ3) is 6.58. The summed E-state index contributed by atoms with van der Waals surface area (Å²) in [5, 5.41) is 7.76. The fourth-order valence-electron chi connectivity index (χ4n) is 3.39. The van der Waals surface area contributed by atoms with Crippen LogP contribution in [0.2, 0.25) is 0 Å². The van der Waals surface area contributed by atoms with Crippen molar-refractivity contribution in [2.45, 2.75) is 45.8 Å². The molecule has 0 aliphatic carbocycles. The Bertz CT molecular complexity index is 803. The van der Waals surface area contributed by atoms with Crippen LogP contribution in [0.25, 0.3) is 0 Å². The van der Waals surface area contributed by atoms with Crippen LogP contribution in [0, 0.1) is 25.5 Å². The average Bonchev–Trinajstić information content (AvgIpc) is 3.00. The van der Waals surface area contributed by atoms with E-state index in [2.05, 4.69) is 32.4 Å². The molecule has 0 spiro atoms. The van der Waals surface area contributed by atoms with Crippen LogP contribution in [0.5, 0.6) is 0 Å². The van der Waals surface area contributed by atoms with E-state index in [-0.39, 0.29) is 42.1 Å². The lowest BCUT2D eigenvalue weighted by Gasteiger charge is -2.34. The largest absolute Gasteiger partial charge is 0.352 e. The summed E-state index contributed by atoms with van der Waals surface area (Å²) in [6.45, 7) is 6.52. The molecule has 1 unspecified atom stereocenters. The van der Waals surface area contributed by atoms with E-state index in [1.54, 1.807) is 18.4 Å². The molecular formula is C20H28F2IN5S. The Balaban J connectivity index is 0.00000300. The smallest absolute Gasteiger partial charge is 0.191 e. The average molecular weight is 535 g/mol. The normalized spacial score (nSPS) is 17.7. The Morgan fingerprint density at radius 1 is 1.31 bits per heavy atom. The monoisotopic (exact) mass is 535 g/mol. The minimum absolute atomic E-state index is 0. The van der Waals surface area contributed by atoms with Gasteiger partial charge >= 0.3 is 0 Å². The van der Waals surface area contributed by atoms with Gasteiger partial charge < -0.3 is 10.6 Å². The van der Waals surface area contributed by atoms with Gasteiger partial charge in [0.1, 0.15) is 16.6 Å². The quantitative estimate of drug-likeness (QED) is 0.346. The zero-order valence-electron chi connectivity index (χ0n) is 17.0. The van der Waals surface area contributed by atoms with E-state index >= 15 is 0 Å². The van der Waals surface area contributed by atoms with E-state index < -0.39 is 11.6 Å². The Morgan fingerprint density at radius 3 is 2.66 bits per heavy atom. The minimum atomic E-state index is -0.485. The second-order valence-corrected chi connectivity index (χ2v) is 8.38. The number of nitrogens with zero attached hydrogens (tertiary/aromatic N) is 3. The number of nitrogens with one attached hydrogen (secondary N) is 2. The van der Waals surface area contributed by atoms with Crippen molar-refractivity contribution < 1.29 is 8.78 Å². The zero-order chi connectivity index (χ0) is 20.1. The molecule has 0 radical (unpaired) electrons. The molecule has 5 nitrogen and oxygen atoms in total. The van der Waals surface area contributed by atoms with Gasteiger partial charge in [0.2, 0.25) is 0 Å². The van der Waals surface area contributed by atoms with Crippen molar-refractivity contribution in [1.82, 2.24) is 20.5 Å². The number of hydrogen-bond acceptors (Lipinski definition) is 4. The van der Waals surface area contributed by atoms with Crippen LogP contribution in [-0.4, -0.2) is 42.0 Å². The Kier molecular flexibility index (Phi) is 9.22. The van der Waals surface area contributed by atoms with Crippen molar-refractivity contribution in [3.8, 4) is 0 Å². The van der Waals surface area contributed by atoms with Crippen LogP contribution in [0.1, 0.15) is 34.0 Å². The number of piperidine rings is 1. The molecular weight excluding hydrogens is 507 g/mol. The van der Waals surface area contributed by atoms with E-state index in [1.807, 2.05) is 6.92 Å². The molecule has 1 saturated heterocycles. The molecule has 1 aromatic carbocycles. The van der Waals surface area contributed by atoms with E-state index in [1.165, 1.54) is 23.1 Å². The molecule has 1 aliphatic rings. The number of rotatable bonds is 5. The lowest BCUT2D eigenvalue weighted by Crippen LogP contribution is -2.50. The molecule has 29 heavy (non-hydrogen) atoms. The SMILES string of the molecule is CN=C(NCc1nc(C)c(C)s1)NC1CCCN(Cc2c(F)cccc2F)C1.I. The third-order valence-corrected chi connectivity index (χ3v) is 6.07. The highest BCUT2D eigenvalue weighted by Crippen LogP contribution is 2.19. The molecule has 0 bridgehead atoms. The van der Waals surface area contributed by atoms with Crippen molar-refractivity contribution in [2.75, 3.05) is 20.1 Å². The van der Waals surface area contributed by atoms with Crippen molar-refractivity contribution in [3.63, 3.8) is 0 Å². The standard InChI is InChI=1S/C20H27F2N5S.HI/c1-13-14(2)28-19(25-13)10-24-20(23-3)26-15-6-5-9-27(11-15)12-16-17(21)7-4-8-18(16)22;/h4,7-8,15H,5-6,9-12H2,1-3H3,(H2,23,24,26);1H. The molecule has 9 heteroatoms. The maximum Gasteiger partial charge on any atom is 0.191 e. The fraction of sp³-hybridized carbons (Fsp3) is 0.500. The summed E-state index contributed by atoms with van der Waals surface area (Å²) in [6, 6.07) is 4.20. The third-order valence-electron chi connectivity index (χ3n) is 4.99. The molecule has 1 aliphatic heterocycles. The number of thiazole rings is 1. The van der Waals surface area contributed by atoms with Crippen molar-refractivity contribution >= 4 is 41.3 Å². The Morgan fingerprint density at radius 2 is 2.03 bits per heavy atom. The zero-order valence-corrected chi connectivity index (χ0v) is 20.1. The molecule has 2 N–H and O–H groups in total. The highest BCUT2D eigenvalue weighted by Gasteiger charge is 2.22. The van der Waals surface area contributed by atoms with Gasteiger partial charge in [-0.25, -0.2) is 13.8 Å². The van der Waals surface area contributed by atoms with Gasteiger partial charge in [0.05, 0.1) is 12.2 Å². The summed E-state index contributed by atoms with van der Waals surface area (Å²) >= 11 is 1.68. The lowest BCUT2D eigenvalue weighted by molar-refractivity contribution is 0.188. The predicted octanol–water partition coefficient (Wildman–Crippen LogP) is 3.99. The highest BCUT2D eigenvalue weighted by molar-refractivity contribution is 14.0. The van der Waals surface area contributed by atoms with Gasteiger partial charge in [0, 0.05) is 36.6 Å². The van der Waals surface area contributed by atoms with Crippen LogP contribution in [0.15, 0.2) is 23.2 Å². The first-order chi connectivity index (χ1) is 13.5. The number of guanidine groups is 1. The molecule has 2 heterocycles. The highest BCUT2D eigenvalue weighted by atomic mass is 127. The first kappa shape index (κ1) is 23.9. The predicted molar refractivity (Wildman–Crippen MR) is 125 cm³/mol. The Labute approximate surface area is 192 Å². The first-order valence-electron chi connectivity index (χ1n) is 9.51. The molecule has 1 atom stereocenters. The maximum atomic E-state index is 13.9. The molecule has 0 saturated carbocycles. The molecule has 2 aromatic rings. The number of hydrogen-bond donors (Lipinski definition) is 2. The fourth-order valence-corrected chi connectivity index (χ4v) is 4.26. The second-order valence-electron chi connectivity index (χ2n) is 7.09. The van der Waals surface area contributed by atoms with Gasteiger partial charge in [0.15, 0.2) is 5.96 Å². The number of halogens is 3. The van der Waals surface area contributed by atoms with E-state index in [0.717, 1.165) is 36.0 Å². The maximum absolute atomic E-state index is 13.9. The van der Waals surface area contributed by atoms with Crippen LogP contribution < -0.4 is 10.6 Å². The number of likely N-dealkylation sites (tertiary alicyclic amines) is 1. The van der Waals surface area contributed by atoms with Crippen molar-refractivity contribution in [3.05, 3.63) is 51.0 Å². The lowest BCUT2D eigenvalue weighted by atomic mass is 10.0. The molecule has 160 valence electrons. The van der Waals surface area contributed by atoms with E-state index in [4.69, 9.17) is 0 Å². The van der Waals surface area contributed by atoms with E-state index in [0.29, 0.717) is 13.1 Å². The number of aliphatic imine (C=N–C) groups is 1. The van der Waals surface area contributed by atoms with Crippen LogP contribution >= 0.6 is 35.3 Å². The van der Waals surface area contributed by atoms with Crippen LogP contribution in [0.3, 0.4) is 0 Å². The number of aromatic nitrogens is 1. The summed E-state index contributed by atoms with van der Waals surface area (Å²) in [5.41, 5.74) is 1.20. The molecule has 0 amide bonds. The van der Waals surface area contributed by atoms with Crippen LogP contribution in [0.4, 0.5) is 8.78 Å².